The highest BCUT2D eigenvalue weighted by atomic mass is 32.2. The van der Waals surface area contributed by atoms with Crippen LogP contribution in [-0.2, 0) is 24.3 Å². The highest BCUT2D eigenvalue weighted by molar-refractivity contribution is 7.89. The Morgan fingerprint density at radius 3 is 2.33 bits per heavy atom. The van der Waals surface area contributed by atoms with Crippen molar-refractivity contribution >= 4 is 21.8 Å². The lowest BCUT2D eigenvalue weighted by molar-refractivity contribution is -0.133. The van der Waals surface area contributed by atoms with Crippen molar-refractivity contribution in [2.24, 2.45) is 0 Å². The molecular weight excluding hydrogens is 452 g/mol. The molecule has 1 aliphatic rings. The third-order valence-corrected chi connectivity index (χ3v) is 6.69. The lowest BCUT2D eigenvalue weighted by atomic mass is 10.2. The molecule has 1 saturated heterocycles. The first-order valence-corrected chi connectivity index (χ1v) is 12.3. The number of hydrogen-bond donors (Lipinski definition) is 2. The molecule has 0 atom stereocenters. The number of amides is 2. The zero-order chi connectivity index (χ0) is 24.3. The molecule has 2 rings (SSSR count). The topological polar surface area (TPSA) is 127 Å². The minimum Gasteiger partial charge on any atom is -0.493 e. The molecule has 0 spiro atoms. The standard InChI is InChI=1S/C21H34N4O7S/c1-30-14-4-8-22-20(26)16-24-10-12-25(13-11-24)21(27)7-9-23-33(28,29)17-5-6-18(31-2)19(15-17)32-3/h5-6,15,23H,4,7-14,16H2,1-3H3,(H,22,26). The van der Waals surface area contributed by atoms with Gasteiger partial charge in [0.25, 0.3) is 0 Å². The van der Waals surface area contributed by atoms with E-state index in [9.17, 15) is 18.0 Å². The molecule has 1 aromatic rings. The normalized spacial score (nSPS) is 14.7. The van der Waals surface area contributed by atoms with Gasteiger partial charge in [0.2, 0.25) is 21.8 Å². The first kappa shape index (κ1) is 26.8. The second-order valence-electron chi connectivity index (χ2n) is 7.52. The molecule has 1 aromatic carbocycles. The predicted octanol–water partition coefficient (Wildman–Crippen LogP) is -0.331. The largest absolute Gasteiger partial charge is 0.493 e. The van der Waals surface area contributed by atoms with Gasteiger partial charge in [-0.2, -0.15) is 0 Å². The van der Waals surface area contributed by atoms with E-state index in [1.807, 2.05) is 4.90 Å². The molecule has 33 heavy (non-hydrogen) atoms. The van der Waals surface area contributed by atoms with E-state index in [1.54, 1.807) is 12.0 Å². The number of piperazine rings is 1. The lowest BCUT2D eigenvalue weighted by Crippen LogP contribution is -2.51. The maximum atomic E-state index is 12.5. The van der Waals surface area contributed by atoms with Crippen LogP contribution in [0, 0.1) is 0 Å². The Kier molecular flexibility index (Phi) is 10.8. The maximum absolute atomic E-state index is 12.5. The summed E-state index contributed by atoms with van der Waals surface area (Å²) in [6, 6.07) is 4.30. The molecule has 1 aliphatic heterocycles. The first-order chi connectivity index (χ1) is 15.8. The minimum absolute atomic E-state index is 0.0143. The average molecular weight is 487 g/mol. The summed E-state index contributed by atoms with van der Waals surface area (Å²) < 4.78 is 42.7. The van der Waals surface area contributed by atoms with Crippen LogP contribution < -0.4 is 19.5 Å². The Morgan fingerprint density at radius 2 is 1.70 bits per heavy atom. The number of rotatable bonds is 13. The van der Waals surface area contributed by atoms with Gasteiger partial charge >= 0.3 is 0 Å². The van der Waals surface area contributed by atoms with Crippen LogP contribution in [0.3, 0.4) is 0 Å². The Labute approximate surface area is 195 Å². The summed E-state index contributed by atoms with van der Waals surface area (Å²) in [4.78, 5) is 28.2. The fraction of sp³-hybridized carbons (Fsp3) is 0.619. The van der Waals surface area contributed by atoms with Crippen LogP contribution in [0.25, 0.3) is 0 Å². The number of nitrogens with zero attached hydrogens (tertiary/aromatic N) is 2. The van der Waals surface area contributed by atoms with E-state index in [0.717, 1.165) is 6.42 Å². The van der Waals surface area contributed by atoms with E-state index >= 15 is 0 Å². The molecule has 0 saturated carbocycles. The van der Waals surface area contributed by atoms with Crippen LogP contribution in [0.5, 0.6) is 11.5 Å². The molecule has 1 fully saturated rings. The van der Waals surface area contributed by atoms with E-state index in [4.69, 9.17) is 14.2 Å². The Morgan fingerprint density at radius 1 is 1.00 bits per heavy atom. The molecule has 1 heterocycles. The van der Waals surface area contributed by atoms with Crippen LogP contribution >= 0.6 is 0 Å². The minimum atomic E-state index is -3.79. The Hall–Kier alpha value is -2.41. The number of nitrogens with one attached hydrogen (secondary N) is 2. The first-order valence-electron chi connectivity index (χ1n) is 10.8. The molecule has 11 nitrogen and oxygen atoms in total. The van der Waals surface area contributed by atoms with Gasteiger partial charge in [0.15, 0.2) is 11.5 Å². The molecule has 0 radical (unpaired) electrons. The summed E-state index contributed by atoms with van der Waals surface area (Å²) in [5.74, 6) is 0.552. The van der Waals surface area contributed by atoms with Gasteiger partial charge < -0.3 is 24.4 Å². The molecule has 2 N–H and O–H groups in total. The number of benzene rings is 1. The van der Waals surface area contributed by atoms with Crippen molar-refractivity contribution in [3.63, 3.8) is 0 Å². The van der Waals surface area contributed by atoms with Gasteiger partial charge in [0.05, 0.1) is 25.7 Å². The van der Waals surface area contributed by atoms with Gasteiger partial charge in [0.1, 0.15) is 0 Å². The maximum Gasteiger partial charge on any atom is 0.240 e. The molecule has 0 unspecified atom stereocenters. The zero-order valence-corrected chi connectivity index (χ0v) is 20.3. The third kappa shape index (κ3) is 8.46. The second-order valence-corrected chi connectivity index (χ2v) is 9.28. The summed E-state index contributed by atoms with van der Waals surface area (Å²) in [5.41, 5.74) is 0. The summed E-state index contributed by atoms with van der Waals surface area (Å²) in [5, 5.41) is 2.85. The molecule has 2 amide bonds. The van der Waals surface area contributed by atoms with Crippen molar-refractivity contribution in [1.82, 2.24) is 19.8 Å². The van der Waals surface area contributed by atoms with Gasteiger partial charge in [-0.1, -0.05) is 0 Å². The van der Waals surface area contributed by atoms with E-state index in [2.05, 4.69) is 10.0 Å². The zero-order valence-electron chi connectivity index (χ0n) is 19.5. The fourth-order valence-corrected chi connectivity index (χ4v) is 4.42. The van der Waals surface area contributed by atoms with Gasteiger partial charge in [-0.05, 0) is 18.6 Å². The van der Waals surface area contributed by atoms with Gasteiger partial charge in [-0.3, -0.25) is 14.5 Å². The van der Waals surface area contributed by atoms with Crippen LogP contribution in [0.15, 0.2) is 23.1 Å². The number of hydrogen-bond acceptors (Lipinski definition) is 8. The van der Waals surface area contributed by atoms with Crippen molar-refractivity contribution in [2.45, 2.75) is 17.7 Å². The van der Waals surface area contributed by atoms with Crippen molar-refractivity contribution in [3.8, 4) is 11.5 Å². The van der Waals surface area contributed by atoms with Crippen LogP contribution in [0.2, 0.25) is 0 Å². The second kappa shape index (κ2) is 13.3. The van der Waals surface area contributed by atoms with E-state index in [1.165, 1.54) is 32.4 Å². The van der Waals surface area contributed by atoms with Crippen molar-refractivity contribution in [2.75, 3.05) is 73.7 Å². The molecule has 186 valence electrons. The quantitative estimate of drug-likeness (QED) is 0.363. The van der Waals surface area contributed by atoms with E-state index < -0.39 is 10.0 Å². The summed E-state index contributed by atoms with van der Waals surface area (Å²) in [6.07, 6.45) is 0.812. The number of ether oxygens (including phenoxy) is 3. The van der Waals surface area contributed by atoms with E-state index in [0.29, 0.717) is 57.4 Å². The molecular formula is C21H34N4O7S. The summed E-state index contributed by atoms with van der Waals surface area (Å²) in [7, 11) is 0.719. The third-order valence-electron chi connectivity index (χ3n) is 5.24. The highest BCUT2D eigenvalue weighted by Gasteiger charge is 2.23. The smallest absolute Gasteiger partial charge is 0.240 e. The molecule has 0 bridgehead atoms. The lowest BCUT2D eigenvalue weighted by Gasteiger charge is -2.34. The SMILES string of the molecule is COCCCNC(=O)CN1CCN(C(=O)CCNS(=O)(=O)c2ccc(OC)c(OC)c2)CC1. The van der Waals surface area contributed by atoms with Crippen LogP contribution in [0.4, 0.5) is 0 Å². The van der Waals surface area contributed by atoms with Gasteiger partial charge in [-0.25, -0.2) is 13.1 Å². The molecule has 0 aliphatic carbocycles. The highest BCUT2D eigenvalue weighted by Crippen LogP contribution is 2.29. The monoisotopic (exact) mass is 486 g/mol. The Balaban J connectivity index is 1.73. The predicted molar refractivity (Wildman–Crippen MR) is 122 cm³/mol. The Bertz CT molecular complexity index is 887. The van der Waals surface area contributed by atoms with Crippen molar-refractivity contribution in [3.05, 3.63) is 18.2 Å². The summed E-state index contributed by atoms with van der Waals surface area (Å²) >= 11 is 0. The summed E-state index contributed by atoms with van der Waals surface area (Å²) in [6.45, 7) is 3.63. The average Bonchev–Trinajstić information content (AvgIpc) is 2.81. The van der Waals surface area contributed by atoms with Crippen LogP contribution in [0.1, 0.15) is 12.8 Å². The number of carbonyl (C=O) groups excluding carboxylic acids is 2. The number of sulfonamides is 1. The van der Waals surface area contributed by atoms with Crippen molar-refractivity contribution < 1.29 is 32.2 Å². The van der Waals surface area contributed by atoms with Gasteiger partial charge in [-0.15, -0.1) is 0 Å². The van der Waals surface area contributed by atoms with Gasteiger partial charge in [0, 0.05) is 65.5 Å². The number of methoxy groups -OCH3 is 3. The fourth-order valence-electron chi connectivity index (χ4n) is 3.38. The van der Waals surface area contributed by atoms with Crippen LogP contribution in [-0.4, -0.2) is 104 Å². The molecule has 12 heteroatoms. The number of carbonyl (C=O) groups is 2. The molecule has 0 aromatic heterocycles. The van der Waals surface area contributed by atoms with Crippen molar-refractivity contribution in [1.29, 1.82) is 0 Å². The van der Waals surface area contributed by atoms with E-state index in [-0.39, 0.29) is 29.7 Å².